The van der Waals surface area contributed by atoms with Crippen LogP contribution in [-0.2, 0) is 16.7 Å². The summed E-state index contributed by atoms with van der Waals surface area (Å²) in [5.41, 5.74) is 5.27. The van der Waals surface area contributed by atoms with Crippen molar-refractivity contribution in [2.24, 2.45) is 0 Å². The zero-order chi connectivity index (χ0) is 25.2. The van der Waals surface area contributed by atoms with E-state index in [2.05, 4.69) is 55.7 Å². The Hall–Kier alpha value is -3.56. The first kappa shape index (κ1) is 23.8. The monoisotopic (exact) mass is 499 g/mol. The van der Waals surface area contributed by atoms with Crippen LogP contribution in [0, 0.1) is 6.92 Å². The van der Waals surface area contributed by atoms with Gasteiger partial charge in [0.1, 0.15) is 5.82 Å². The quantitative estimate of drug-likeness (QED) is 0.391. The van der Waals surface area contributed by atoms with Crippen LogP contribution in [-0.4, -0.2) is 64.8 Å². The number of hydrogen-bond donors (Lipinski definition) is 1. The molecule has 1 aliphatic carbocycles. The molecule has 1 aromatic carbocycles. The molecule has 0 unspecified atom stereocenters. The number of piperazine rings is 1. The van der Waals surface area contributed by atoms with E-state index in [9.17, 15) is 0 Å². The summed E-state index contributed by atoms with van der Waals surface area (Å²) < 4.78 is 13.1. The summed E-state index contributed by atoms with van der Waals surface area (Å²) in [7, 11) is 1.78. The van der Waals surface area contributed by atoms with Crippen molar-refractivity contribution in [2.75, 3.05) is 44.8 Å². The van der Waals surface area contributed by atoms with Gasteiger partial charge < -0.3 is 19.5 Å². The lowest BCUT2D eigenvalue weighted by Crippen LogP contribution is -2.43. The third kappa shape index (κ3) is 4.76. The highest BCUT2D eigenvalue weighted by Crippen LogP contribution is 2.44. The topological polar surface area (TPSA) is 94.1 Å². The van der Waals surface area contributed by atoms with Crippen LogP contribution in [0.4, 0.5) is 5.82 Å². The normalized spacial score (nSPS) is 17.1. The van der Waals surface area contributed by atoms with Crippen LogP contribution in [0.15, 0.2) is 53.2 Å². The van der Waals surface area contributed by atoms with E-state index in [4.69, 9.17) is 14.4 Å². The minimum absolute atomic E-state index is 0.153. The first-order chi connectivity index (χ1) is 18.1. The summed E-state index contributed by atoms with van der Waals surface area (Å²) >= 11 is 0. The van der Waals surface area contributed by atoms with Crippen molar-refractivity contribution < 1.29 is 9.26 Å². The number of rotatable bonds is 8. The standard InChI is InChI=1S/C28H33N7O2/c1-20-16-24(32-35(20)18-21-8-11-30-25(17-21)34-14-12-29-13-15-34)27-31-26(33-37-27)22-4-6-23(7-5-22)28(19-36-2)9-3-10-28/h4-8,11,16-17,29H,3,9-10,12-15,18-19H2,1-2H3. The number of ether oxygens (including phenoxy) is 1. The molecule has 6 rings (SSSR count). The molecular weight excluding hydrogens is 466 g/mol. The number of pyridine rings is 1. The lowest BCUT2D eigenvalue weighted by Gasteiger charge is -2.42. The average molecular weight is 500 g/mol. The summed E-state index contributed by atoms with van der Waals surface area (Å²) in [6.07, 6.45) is 5.48. The van der Waals surface area contributed by atoms with Crippen LogP contribution in [0.2, 0.25) is 0 Å². The molecule has 4 heterocycles. The zero-order valence-corrected chi connectivity index (χ0v) is 21.5. The molecule has 0 amide bonds. The molecule has 9 heteroatoms. The Bertz CT molecular complexity index is 1350. The van der Waals surface area contributed by atoms with E-state index in [1.54, 1.807) is 7.11 Å². The van der Waals surface area contributed by atoms with Crippen LogP contribution in [0.1, 0.15) is 36.1 Å². The van der Waals surface area contributed by atoms with Gasteiger partial charge in [0.2, 0.25) is 5.82 Å². The fourth-order valence-corrected chi connectivity index (χ4v) is 5.39. The van der Waals surface area contributed by atoms with E-state index in [1.807, 2.05) is 29.9 Å². The molecule has 0 atom stereocenters. The second-order valence-electron chi connectivity index (χ2n) is 10.2. The smallest absolute Gasteiger partial charge is 0.278 e. The molecule has 0 bridgehead atoms. The maximum atomic E-state index is 5.61. The van der Waals surface area contributed by atoms with Crippen molar-refractivity contribution in [1.29, 1.82) is 0 Å². The number of anilines is 1. The van der Waals surface area contributed by atoms with Gasteiger partial charge in [0.15, 0.2) is 5.69 Å². The van der Waals surface area contributed by atoms with Gasteiger partial charge in [-0.2, -0.15) is 10.1 Å². The van der Waals surface area contributed by atoms with Gasteiger partial charge in [-0.25, -0.2) is 4.98 Å². The molecule has 2 fully saturated rings. The SMILES string of the molecule is COCC1(c2ccc(-c3noc(-c4cc(C)n(Cc5ccnc(N6CCNCC6)c5)n4)n3)cc2)CCC1. The predicted octanol–water partition coefficient (Wildman–Crippen LogP) is 3.83. The highest BCUT2D eigenvalue weighted by molar-refractivity contribution is 5.59. The highest BCUT2D eigenvalue weighted by Gasteiger charge is 2.38. The molecule has 1 saturated heterocycles. The maximum absolute atomic E-state index is 5.61. The number of hydrogen-bond acceptors (Lipinski definition) is 8. The van der Waals surface area contributed by atoms with Gasteiger partial charge in [-0.1, -0.05) is 35.8 Å². The summed E-state index contributed by atoms with van der Waals surface area (Å²) in [5.74, 6) is 2.01. The number of methoxy groups -OCH3 is 1. The Kier molecular flexibility index (Phi) is 6.48. The molecule has 1 aliphatic heterocycles. The molecule has 3 aromatic heterocycles. The molecule has 2 aliphatic rings. The summed E-state index contributed by atoms with van der Waals surface area (Å²) in [6.45, 7) is 7.36. The van der Waals surface area contributed by atoms with Crippen molar-refractivity contribution >= 4 is 5.82 Å². The second kappa shape index (κ2) is 10.1. The largest absolute Gasteiger partial charge is 0.384 e. The Morgan fingerprint density at radius 3 is 2.62 bits per heavy atom. The van der Waals surface area contributed by atoms with Crippen LogP contribution in [0.5, 0.6) is 0 Å². The van der Waals surface area contributed by atoms with Gasteiger partial charge in [0, 0.05) is 56.2 Å². The molecular formula is C28H33N7O2. The summed E-state index contributed by atoms with van der Waals surface area (Å²) in [4.78, 5) is 11.5. The molecule has 4 aromatic rings. The van der Waals surface area contributed by atoms with Gasteiger partial charge in [-0.05, 0) is 49.1 Å². The zero-order valence-electron chi connectivity index (χ0n) is 21.5. The second-order valence-corrected chi connectivity index (χ2v) is 10.2. The lowest BCUT2D eigenvalue weighted by molar-refractivity contribution is 0.0792. The molecule has 9 nitrogen and oxygen atoms in total. The first-order valence-corrected chi connectivity index (χ1v) is 13.0. The predicted molar refractivity (Wildman–Crippen MR) is 142 cm³/mol. The Morgan fingerprint density at radius 1 is 1.08 bits per heavy atom. The van der Waals surface area contributed by atoms with Gasteiger partial charge in [-0.3, -0.25) is 4.68 Å². The van der Waals surface area contributed by atoms with Gasteiger partial charge in [-0.15, -0.1) is 0 Å². The minimum atomic E-state index is 0.153. The molecule has 1 N–H and O–H groups in total. The third-order valence-corrected chi connectivity index (χ3v) is 7.70. The number of nitrogens with zero attached hydrogens (tertiary/aromatic N) is 6. The van der Waals surface area contributed by atoms with Crippen molar-refractivity contribution in [3.05, 3.63) is 65.5 Å². The number of aryl methyl sites for hydroxylation is 1. The minimum Gasteiger partial charge on any atom is -0.384 e. The van der Waals surface area contributed by atoms with E-state index in [1.165, 1.54) is 24.8 Å². The van der Waals surface area contributed by atoms with Crippen molar-refractivity contribution in [3.8, 4) is 23.0 Å². The van der Waals surface area contributed by atoms with Gasteiger partial charge >= 0.3 is 0 Å². The van der Waals surface area contributed by atoms with E-state index in [0.717, 1.165) is 55.4 Å². The molecule has 0 spiro atoms. The number of nitrogens with one attached hydrogen (secondary N) is 1. The van der Waals surface area contributed by atoms with E-state index in [-0.39, 0.29) is 5.41 Å². The fraction of sp³-hybridized carbons (Fsp3) is 0.429. The van der Waals surface area contributed by atoms with E-state index >= 15 is 0 Å². The van der Waals surface area contributed by atoms with Crippen molar-refractivity contribution in [2.45, 2.75) is 38.1 Å². The number of benzene rings is 1. The molecule has 1 saturated carbocycles. The van der Waals surface area contributed by atoms with Crippen molar-refractivity contribution in [3.63, 3.8) is 0 Å². The Labute approximate surface area is 216 Å². The van der Waals surface area contributed by atoms with Crippen LogP contribution < -0.4 is 10.2 Å². The molecule has 0 radical (unpaired) electrons. The molecule has 37 heavy (non-hydrogen) atoms. The fourth-order valence-electron chi connectivity index (χ4n) is 5.39. The van der Waals surface area contributed by atoms with E-state index < -0.39 is 0 Å². The Balaban J connectivity index is 1.17. The highest BCUT2D eigenvalue weighted by atomic mass is 16.5. The summed E-state index contributed by atoms with van der Waals surface area (Å²) in [5, 5.41) is 12.4. The van der Waals surface area contributed by atoms with E-state index in [0.29, 0.717) is 24.0 Å². The number of aromatic nitrogens is 5. The third-order valence-electron chi connectivity index (χ3n) is 7.70. The van der Waals surface area contributed by atoms with Crippen LogP contribution in [0.25, 0.3) is 23.0 Å². The maximum Gasteiger partial charge on any atom is 0.278 e. The van der Waals surface area contributed by atoms with Crippen molar-refractivity contribution in [1.82, 2.24) is 30.2 Å². The lowest BCUT2D eigenvalue weighted by atomic mass is 9.65. The first-order valence-electron chi connectivity index (χ1n) is 13.0. The summed E-state index contributed by atoms with van der Waals surface area (Å²) in [6, 6.07) is 14.7. The molecule has 192 valence electrons. The van der Waals surface area contributed by atoms with Gasteiger partial charge in [0.05, 0.1) is 13.2 Å². The average Bonchev–Trinajstić information content (AvgIpc) is 3.54. The Morgan fingerprint density at radius 2 is 1.89 bits per heavy atom. The van der Waals surface area contributed by atoms with Gasteiger partial charge in [0.25, 0.3) is 5.89 Å². The van der Waals surface area contributed by atoms with Crippen LogP contribution in [0.3, 0.4) is 0 Å². The van der Waals surface area contributed by atoms with Crippen LogP contribution >= 0.6 is 0 Å².